The minimum atomic E-state index is 0.0160. The van der Waals surface area contributed by atoms with Crippen molar-refractivity contribution < 1.29 is 9.53 Å². The summed E-state index contributed by atoms with van der Waals surface area (Å²) < 4.78 is 5.45. The lowest BCUT2D eigenvalue weighted by Crippen LogP contribution is -2.47. The Hall–Kier alpha value is -0.610. The molecule has 0 aliphatic carbocycles. The molecule has 20 heavy (non-hydrogen) atoms. The summed E-state index contributed by atoms with van der Waals surface area (Å²) in [7, 11) is 0. The number of carbonyl (C=O) groups is 1. The van der Waals surface area contributed by atoms with Gasteiger partial charge in [-0.3, -0.25) is 10.1 Å². The molecule has 2 aliphatic rings. The average molecular weight is 282 g/mol. The predicted molar refractivity (Wildman–Crippen MR) is 80.3 cm³/mol. The number of nitrogens with zero attached hydrogens (tertiary/aromatic N) is 1. The van der Waals surface area contributed by atoms with E-state index in [1.54, 1.807) is 0 Å². The van der Waals surface area contributed by atoms with Crippen molar-refractivity contribution in [1.82, 2.24) is 10.2 Å². The first-order valence-corrected chi connectivity index (χ1v) is 8.20. The van der Waals surface area contributed by atoms with Crippen LogP contribution in [0.3, 0.4) is 0 Å². The zero-order valence-electron chi connectivity index (χ0n) is 13.4. The molecule has 0 saturated carbocycles. The third kappa shape index (κ3) is 3.34. The van der Waals surface area contributed by atoms with Crippen LogP contribution in [0.25, 0.3) is 0 Å². The summed E-state index contributed by atoms with van der Waals surface area (Å²) in [5, 5.41) is 3.54. The van der Waals surface area contributed by atoms with E-state index in [9.17, 15) is 4.79 Å². The van der Waals surface area contributed by atoms with Crippen LogP contribution in [-0.2, 0) is 9.53 Å². The fourth-order valence-electron chi connectivity index (χ4n) is 3.58. The lowest BCUT2D eigenvalue weighted by molar-refractivity contribution is -0.134. The number of hydrogen-bond donors (Lipinski definition) is 1. The van der Waals surface area contributed by atoms with Crippen molar-refractivity contribution >= 4 is 5.91 Å². The Morgan fingerprint density at radius 2 is 1.95 bits per heavy atom. The molecule has 4 heteroatoms. The topological polar surface area (TPSA) is 41.6 Å². The van der Waals surface area contributed by atoms with Crippen LogP contribution >= 0.6 is 0 Å². The van der Waals surface area contributed by atoms with Gasteiger partial charge in [-0.05, 0) is 44.4 Å². The minimum Gasteiger partial charge on any atom is -0.381 e. The first-order valence-electron chi connectivity index (χ1n) is 8.20. The van der Waals surface area contributed by atoms with Crippen LogP contribution in [0.5, 0.6) is 0 Å². The maximum absolute atomic E-state index is 12.7. The number of hydrogen-bond acceptors (Lipinski definition) is 3. The van der Waals surface area contributed by atoms with Crippen LogP contribution in [0.15, 0.2) is 0 Å². The van der Waals surface area contributed by atoms with E-state index in [0.717, 1.165) is 38.9 Å². The standard InChI is InChI=1S/C16H30N2O2/c1-5-15-17-14(10-11(2)3)16(19)18(15)12(4)13-6-8-20-9-7-13/h11-15,17H,5-10H2,1-4H3. The van der Waals surface area contributed by atoms with Gasteiger partial charge in [0.1, 0.15) is 0 Å². The van der Waals surface area contributed by atoms with Gasteiger partial charge < -0.3 is 9.64 Å². The number of ether oxygens (including phenoxy) is 1. The van der Waals surface area contributed by atoms with Crippen molar-refractivity contribution in [1.29, 1.82) is 0 Å². The van der Waals surface area contributed by atoms with Gasteiger partial charge in [-0.2, -0.15) is 0 Å². The molecule has 3 unspecified atom stereocenters. The quantitative estimate of drug-likeness (QED) is 0.842. The van der Waals surface area contributed by atoms with Crippen LogP contribution in [0.4, 0.5) is 0 Å². The second-order valence-corrected chi connectivity index (χ2v) is 6.71. The summed E-state index contributed by atoms with van der Waals surface area (Å²) in [5.74, 6) is 1.44. The maximum atomic E-state index is 12.7. The van der Waals surface area contributed by atoms with Gasteiger partial charge in [-0.15, -0.1) is 0 Å². The minimum absolute atomic E-state index is 0.0160. The zero-order valence-corrected chi connectivity index (χ0v) is 13.4. The molecule has 0 aromatic rings. The third-order valence-corrected chi connectivity index (χ3v) is 4.76. The van der Waals surface area contributed by atoms with E-state index in [0.29, 0.717) is 23.8 Å². The largest absolute Gasteiger partial charge is 0.381 e. The van der Waals surface area contributed by atoms with E-state index in [2.05, 4.69) is 37.9 Å². The van der Waals surface area contributed by atoms with Gasteiger partial charge in [0, 0.05) is 19.3 Å². The van der Waals surface area contributed by atoms with E-state index < -0.39 is 0 Å². The molecule has 1 amide bonds. The van der Waals surface area contributed by atoms with Crippen molar-refractivity contribution in [3.63, 3.8) is 0 Å². The van der Waals surface area contributed by atoms with Crippen molar-refractivity contribution in [2.45, 2.75) is 71.6 Å². The predicted octanol–water partition coefficient (Wildman–Crippen LogP) is 2.38. The van der Waals surface area contributed by atoms with Gasteiger partial charge in [0.15, 0.2) is 0 Å². The van der Waals surface area contributed by atoms with Crippen molar-refractivity contribution in [3.8, 4) is 0 Å². The van der Waals surface area contributed by atoms with Gasteiger partial charge in [0.05, 0.1) is 12.2 Å². The monoisotopic (exact) mass is 282 g/mol. The molecule has 2 aliphatic heterocycles. The first-order chi connectivity index (χ1) is 9.54. The van der Waals surface area contributed by atoms with Crippen molar-refractivity contribution in [3.05, 3.63) is 0 Å². The van der Waals surface area contributed by atoms with E-state index in [-0.39, 0.29) is 12.2 Å². The lowest BCUT2D eigenvalue weighted by Gasteiger charge is -2.37. The normalized spacial score (nSPS) is 30.2. The third-order valence-electron chi connectivity index (χ3n) is 4.76. The molecule has 116 valence electrons. The molecule has 2 fully saturated rings. The Balaban J connectivity index is 2.05. The molecule has 0 spiro atoms. The molecule has 0 aromatic carbocycles. The van der Waals surface area contributed by atoms with Gasteiger partial charge >= 0.3 is 0 Å². The SMILES string of the molecule is CCC1NC(CC(C)C)C(=O)N1C(C)C1CCOCC1. The van der Waals surface area contributed by atoms with E-state index >= 15 is 0 Å². The summed E-state index contributed by atoms with van der Waals surface area (Å²) in [6.45, 7) is 10.4. The van der Waals surface area contributed by atoms with Crippen LogP contribution in [0.1, 0.15) is 53.4 Å². The number of carbonyl (C=O) groups excluding carboxylic acids is 1. The Morgan fingerprint density at radius 1 is 1.30 bits per heavy atom. The van der Waals surface area contributed by atoms with E-state index in [1.165, 1.54) is 0 Å². The first kappa shape index (κ1) is 15.8. The highest BCUT2D eigenvalue weighted by molar-refractivity contribution is 5.84. The molecular formula is C16H30N2O2. The fourth-order valence-corrected chi connectivity index (χ4v) is 3.58. The van der Waals surface area contributed by atoms with Crippen LogP contribution < -0.4 is 5.32 Å². The molecule has 1 N–H and O–H groups in total. The van der Waals surface area contributed by atoms with Crippen LogP contribution in [-0.4, -0.2) is 42.3 Å². The summed E-state index contributed by atoms with van der Waals surface area (Å²) in [4.78, 5) is 14.9. The van der Waals surface area contributed by atoms with E-state index in [1.807, 2.05) is 0 Å². The number of nitrogens with one attached hydrogen (secondary N) is 1. The summed E-state index contributed by atoms with van der Waals surface area (Å²) in [6.07, 6.45) is 4.29. The Morgan fingerprint density at radius 3 is 2.50 bits per heavy atom. The molecule has 2 rings (SSSR count). The summed E-state index contributed by atoms with van der Waals surface area (Å²) in [6, 6.07) is 0.336. The molecule has 3 atom stereocenters. The Labute approximate surface area is 123 Å². The maximum Gasteiger partial charge on any atom is 0.241 e. The summed E-state index contributed by atoms with van der Waals surface area (Å²) in [5.41, 5.74) is 0. The fraction of sp³-hybridized carbons (Fsp3) is 0.938. The van der Waals surface area contributed by atoms with Gasteiger partial charge in [0.2, 0.25) is 5.91 Å². The lowest BCUT2D eigenvalue weighted by atomic mass is 9.91. The van der Waals surface area contributed by atoms with Gasteiger partial charge in [0.25, 0.3) is 0 Å². The highest BCUT2D eigenvalue weighted by Gasteiger charge is 2.42. The van der Waals surface area contributed by atoms with Crippen LogP contribution in [0, 0.1) is 11.8 Å². The second kappa shape index (κ2) is 6.90. The number of amides is 1. The molecular weight excluding hydrogens is 252 g/mol. The summed E-state index contributed by atoms with van der Waals surface area (Å²) >= 11 is 0. The highest BCUT2D eigenvalue weighted by atomic mass is 16.5. The molecule has 0 radical (unpaired) electrons. The van der Waals surface area contributed by atoms with Gasteiger partial charge in [-0.1, -0.05) is 20.8 Å². The molecule has 0 bridgehead atoms. The highest BCUT2D eigenvalue weighted by Crippen LogP contribution is 2.28. The van der Waals surface area contributed by atoms with E-state index in [4.69, 9.17) is 4.74 Å². The van der Waals surface area contributed by atoms with Gasteiger partial charge in [-0.25, -0.2) is 0 Å². The Bertz CT molecular complexity index is 326. The van der Waals surface area contributed by atoms with Crippen LogP contribution in [0.2, 0.25) is 0 Å². The van der Waals surface area contributed by atoms with Crippen molar-refractivity contribution in [2.75, 3.05) is 13.2 Å². The second-order valence-electron chi connectivity index (χ2n) is 6.71. The number of rotatable bonds is 5. The molecule has 2 heterocycles. The Kier molecular flexibility index (Phi) is 5.44. The van der Waals surface area contributed by atoms with Crippen molar-refractivity contribution in [2.24, 2.45) is 11.8 Å². The molecule has 4 nitrogen and oxygen atoms in total. The average Bonchev–Trinajstić information content (AvgIpc) is 2.75. The molecule has 2 saturated heterocycles. The smallest absolute Gasteiger partial charge is 0.241 e. The zero-order chi connectivity index (χ0) is 14.7. The molecule has 0 aromatic heterocycles.